The summed E-state index contributed by atoms with van der Waals surface area (Å²) in [5.74, 6) is 0.594. The van der Waals surface area contributed by atoms with E-state index in [0.29, 0.717) is 5.82 Å². The highest BCUT2D eigenvalue weighted by molar-refractivity contribution is 9.10. The molecule has 0 aliphatic heterocycles. The fraction of sp³-hybridized carbons (Fsp3) is 0.125. The van der Waals surface area contributed by atoms with E-state index in [0.717, 1.165) is 15.5 Å². The summed E-state index contributed by atoms with van der Waals surface area (Å²) in [5.41, 5.74) is 1.80. The van der Waals surface area contributed by atoms with Crippen molar-refractivity contribution in [2.24, 2.45) is 0 Å². The average molecular weight is 227 g/mol. The molecule has 0 bridgehead atoms. The summed E-state index contributed by atoms with van der Waals surface area (Å²) in [7, 11) is 0. The van der Waals surface area contributed by atoms with Crippen LogP contribution < -0.4 is 0 Å². The molecule has 0 fully saturated rings. The smallest absolute Gasteiger partial charge is 0.133 e. The number of rotatable bonds is 1. The van der Waals surface area contributed by atoms with Gasteiger partial charge in [0.25, 0.3) is 0 Å². The molecule has 0 aliphatic carbocycles. The zero-order valence-corrected chi connectivity index (χ0v) is 7.80. The van der Waals surface area contributed by atoms with Gasteiger partial charge in [-0.25, -0.2) is 4.98 Å². The molecule has 0 radical (unpaired) electrons. The molecule has 0 saturated carbocycles. The second kappa shape index (κ2) is 2.88. The lowest BCUT2D eigenvalue weighted by molar-refractivity contribution is 0.273. The Morgan fingerprint density at radius 1 is 1.50 bits per heavy atom. The minimum Gasteiger partial charge on any atom is -0.388 e. The Hall–Kier alpha value is -0.870. The first-order valence-corrected chi connectivity index (χ1v) is 4.34. The van der Waals surface area contributed by atoms with Crippen LogP contribution in [0.4, 0.5) is 0 Å². The number of aliphatic hydroxyl groups is 1. The highest BCUT2D eigenvalue weighted by Crippen LogP contribution is 2.21. The number of nitrogens with one attached hydrogen (secondary N) is 1. The van der Waals surface area contributed by atoms with E-state index in [1.165, 1.54) is 0 Å². The van der Waals surface area contributed by atoms with Crippen molar-refractivity contribution >= 4 is 27.0 Å². The number of hydrogen-bond acceptors (Lipinski definition) is 2. The molecule has 0 spiro atoms. The van der Waals surface area contributed by atoms with E-state index in [1.807, 2.05) is 18.2 Å². The number of para-hydroxylation sites is 1. The zero-order chi connectivity index (χ0) is 8.55. The van der Waals surface area contributed by atoms with Crippen molar-refractivity contribution in [2.45, 2.75) is 6.61 Å². The quantitative estimate of drug-likeness (QED) is 0.780. The van der Waals surface area contributed by atoms with Gasteiger partial charge in [-0.2, -0.15) is 0 Å². The average Bonchev–Trinajstić information content (AvgIpc) is 2.49. The molecule has 0 saturated heterocycles. The Morgan fingerprint density at radius 2 is 2.33 bits per heavy atom. The van der Waals surface area contributed by atoms with Crippen LogP contribution in [0.1, 0.15) is 5.82 Å². The van der Waals surface area contributed by atoms with Crippen LogP contribution in [0.15, 0.2) is 22.7 Å². The highest BCUT2D eigenvalue weighted by atomic mass is 79.9. The minimum atomic E-state index is -0.0544. The number of aromatic amines is 1. The molecule has 2 aromatic rings. The van der Waals surface area contributed by atoms with Gasteiger partial charge < -0.3 is 10.1 Å². The van der Waals surface area contributed by atoms with Crippen molar-refractivity contribution in [3.8, 4) is 0 Å². The molecule has 1 aromatic heterocycles. The molecule has 0 atom stereocenters. The summed E-state index contributed by atoms with van der Waals surface area (Å²) >= 11 is 3.39. The van der Waals surface area contributed by atoms with Crippen LogP contribution in [-0.2, 0) is 6.61 Å². The Morgan fingerprint density at radius 3 is 3.00 bits per heavy atom. The molecule has 2 rings (SSSR count). The molecule has 0 amide bonds. The van der Waals surface area contributed by atoms with E-state index in [1.54, 1.807) is 0 Å². The first-order valence-electron chi connectivity index (χ1n) is 3.55. The number of hydrogen-bond donors (Lipinski definition) is 2. The number of fused-ring (bicyclic) bond motifs is 1. The molecule has 12 heavy (non-hydrogen) atoms. The predicted molar refractivity (Wildman–Crippen MR) is 49.7 cm³/mol. The van der Waals surface area contributed by atoms with Crippen molar-refractivity contribution in [1.82, 2.24) is 9.97 Å². The molecule has 3 nitrogen and oxygen atoms in total. The molecule has 0 aliphatic rings. The maximum Gasteiger partial charge on any atom is 0.133 e. The van der Waals surface area contributed by atoms with Crippen molar-refractivity contribution in [2.75, 3.05) is 0 Å². The number of H-pyrrole nitrogens is 1. The maximum atomic E-state index is 8.82. The van der Waals surface area contributed by atoms with Gasteiger partial charge in [0, 0.05) is 4.47 Å². The van der Waals surface area contributed by atoms with Gasteiger partial charge in [0.15, 0.2) is 0 Å². The third kappa shape index (κ3) is 1.13. The van der Waals surface area contributed by atoms with Crippen LogP contribution in [-0.4, -0.2) is 15.1 Å². The monoisotopic (exact) mass is 226 g/mol. The van der Waals surface area contributed by atoms with E-state index in [4.69, 9.17) is 5.11 Å². The topological polar surface area (TPSA) is 48.9 Å². The standard InChI is InChI=1S/C8H7BrN2O/c9-5-2-1-3-6-8(5)11-7(4-12)10-6/h1-3,12H,4H2,(H,10,11). The zero-order valence-electron chi connectivity index (χ0n) is 6.21. The highest BCUT2D eigenvalue weighted by Gasteiger charge is 2.03. The van der Waals surface area contributed by atoms with E-state index < -0.39 is 0 Å². The van der Waals surface area contributed by atoms with Crippen LogP contribution >= 0.6 is 15.9 Å². The van der Waals surface area contributed by atoms with Crippen LogP contribution in [0.5, 0.6) is 0 Å². The fourth-order valence-electron chi connectivity index (χ4n) is 1.12. The third-order valence-electron chi connectivity index (χ3n) is 1.67. The molecule has 1 heterocycles. The van der Waals surface area contributed by atoms with Crippen molar-refractivity contribution in [1.29, 1.82) is 0 Å². The molecule has 1 aromatic carbocycles. The number of halogens is 1. The van der Waals surface area contributed by atoms with Gasteiger partial charge >= 0.3 is 0 Å². The first-order chi connectivity index (χ1) is 5.81. The summed E-state index contributed by atoms with van der Waals surface area (Å²) in [5, 5.41) is 8.82. The summed E-state index contributed by atoms with van der Waals surface area (Å²) < 4.78 is 0.965. The van der Waals surface area contributed by atoms with Gasteiger partial charge in [-0.15, -0.1) is 0 Å². The van der Waals surface area contributed by atoms with E-state index in [9.17, 15) is 0 Å². The van der Waals surface area contributed by atoms with Gasteiger partial charge in [0.2, 0.25) is 0 Å². The molecule has 2 N–H and O–H groups in total. The summed E-state index contributed by atoms with van der Waals surface area (Å²) in [4.78, 5) is 7.16. The SMILES string of the molecule is OCc1nc2cccc(Br)c2[nH]1. The van der Waals surface area contributed by atoms with E-state index in [-0.39, 0.29) is 6.61 Å². The van der Waals surface area contributed by atoms with Crippen molar-refractivity contribution in [3.05, 3.63) is 28.5 Å². The lowest BCUT2D eigenvalue weighted by Gasteiger charge is -1.89. The van der Waals surface area contributed by atoms with Crippen LogP contribution in [0.2, 0.25) is 0 Å². The molecule has 0 unspecified atom stereocenters. The molecular formula is C8H7BrN2O. The third-order valence-corrected chi connectivity index (χ3v) is 2.33. The van der Waals surface area contributed by atoms with Gasteiger partial charge in [0.05, 0.1) is 11.0 Å². The second-order valence-corrected chi connectivity index (χ2v) is 3.33. The Kier molecular flexibility index (Phi) is 1.86. The summed E-state index contributed by atoms with van der Waals surface area (Å²) in [6, 6.07) is 5.74. The van der Waals surface area contributed by atoms with Gasteiger partial charge in [0.1, 0.15) is 12.4 Å². The molecule has 62 valence electrons. The maximum absolute atomic E-state index is 8.82. The van der Waals surface area contributed by atoms with Gasteiger partial charge in [-0.1, -0.05) is 6.07 Å². The Labute approximate surface area is 77.6 Å². The van der Waals surface area contributed by atoms with Gasteiger partial charge in [-0.05, 0) is 28.1 Å². The number of imidazole rings is 1. The Balaban J connectivity index is 2.74. The Bertz CT molecular complexity index is 410. The lowest BCUT2D eigenvalue weighted by Crippen LogP contribution is -1.83. The fourth-order valence-corrected chi connectivity index (χ4v) is 1.58. The number of aromatic nitrogens is 2. The van der Waals surface area contributed by atoms with E-state index >= 15 is 0 Å². The predicted octanol–water partition coefficient (Wildman–Crippen LogP) is 1.82. The first kappa shape index (κ1) is 7.76. The summed E-state index contributed by atoms with van der Waals surface area (Å²) in [6.07, 6.45) is 0. The van der Waals surface area contributed by atoms with Crippen LogP contribution in [0, 0.1) is 0 Å². The number of nitrogens with zero attached hydrogens (tertiary/aromatic N) is 1. The van der Waals surface area contributed by atoms with Crippen LogP contribution in [0.3, 0.4) is 0 Å². The van der Waals surface area contributed by atoms with Crippen molar-refractivity contribution < 1.29 is 5.11 Å². The minimum absolute atomic E-state index is 0.0544. The van der Waals surface area contributed by atoms with Crippen molar-refractivity contribution in [3.63, 3.8) is 0 Å². The van der Waals surface area contributed by atoms with Gasteiger partial charge in [-0.3, -0.25) is 0 Å². The largest absolute Gasteiger partial charge is 0.388 e. The lowest BCUT2D eigenvalue weighted by atomic mass is 10.3. The summed E-state index contributed by atoms with van der Waals surface area (Å²) in [6.45, 7) is -0.0544. The second-order valence-electron chi connectivity index (χ2n) is 2.48. The normalized spacial score (nSPS) is 10.8. The van der Waals surface area contributed by atoms with E-state index in [2.05, 4.69) is 25.9 Å². The number of aliphatic hydroxyl groups excluding tert-OH is 1. The van der Waals surface area contributed by atoms with Crippen LogP contribution in [0.25, 0.3) is 11.0 Å². The number of benzene rings is 1. The molecular weight excluding hydrogens is 220 g/mol. The molecule has 4 heteroatoms.